The van der Waals surface area contributed by atoms with E-state index in [0.717, 1.165) is 31.8 Å². The van der Waals surface area contributed by atoms with Crippen molar-refractivity contribution in [2.24, 2.45) is 0 Å². The molecule has 0 bridgehead atoms. The summed E-state index contributed by atoms with van der Waals surface area (Å²) in [6.45, 7) is 3.72. The highest BCUT2D eigenvalue weighted by Crippen LogP contribution is 2.00. The second kappa shape index (κ2) is 16.4. The molecular weight excluding hydrogens is 220 g/mol. The highest BCUT2D eigenvalue weighted by Gasteiger charge is 1.88. The van der Waals surface area contributed by atoms with E-state index in [0.29, 0.717) is 0 Å². The zero-order chi connectivity index (χ0) is 13.4. The molecule has 1 aromatic carbocycles. The number of isocyanates is 2. The summed E-state index contributed by atoms with van der Waals surface area (Å²) in [7, 11) is 0. The normalized spacial score (nSPS) is 7.35. The van der Waals surface area contributed by atoms with Gasteiger partial charge in [-0.3, -0.25) is 0 Å². The third-order valence-corrected chi connectivity index (χ3v) is 1.46. The summed E-state index contributed by atoms with van der Waals surface area (Å²) >= 11 is 0. The zero-order valence-electron chi connectivity index (χ0n) is 9.73. The highest BCUT2D eigenvalue weighted by atomic mass is 16.5. The Balaban J connectivity index is 0. The van der Waals surface area contributed by atoms with Gasteiger partial charge in [-0.25, -0.2) is 20.4 Å². The molecule has 0 fully saturated rings. The number of hydrogen-bond acceptors (Lipinski definition) is 5. The van der Waals surface area contributed by atoms with E-state index >= 15 is 0 Å². The van der Waals surface area contributed by atoms with Gasteiger partial charge in [0.25, 0.3) is 0 Å². The Hall–Kier alpha value is -2.06. The Morgan fingerprint density at radius 1 is 1.12 bits per heavy atom. The molecular formula is C12H16N2O3. The van der Waals surface area contributed by atoms with Crippen LogP contribution in [-0.2, 0) is 20.9 Å². The molecule has 1 aromatic rings. The lowest BCUT2D eigenvalue weighted by Crippen LogP contribution is -1.92. The van der Waals surface area contributed by atoms with Crippen molar-refractivity contribution in [3.63, 3.8) is 0 Å². The van der Waals surface area contributed by atoms with Gasteiger partial charge in [0.05, 0.1) is 6.61 Å². The van der Waals surface area contributed by atoms with Crippen LogP contribution < -0.4 is 0 Å². The molecule has 92 valence electrons. The van der Waals surface area contributed by atoms with Crippen molar-refractivity contribution >= 4 is 12.2 Å². The van der Waals surface area contributed by atoms with Gasteiger partial charge in [-0.15, -0.1) is 0 Å². The summed E-state index contributed by atoms with van der Waals surface area (Å²) in [4.78, 5) is 16.7. The summed E-state index contributed by atoms with van der Waals surface area (Å²) in [6, 6.07) is 10.2. The summed E-state index contributed by atoms with van der Waals surface area (Å²) in [6.07, 6.45) is 2.59. The fourth-order valence-corrected chi connectivity index (χ4v) is 0.909. The summed E-state index contributed by atoms with van der Waals surface area (Å²) in [5.41, 5.74) is 1.25. The maximum absolute atomic E-state index is 8.35. The summed E-state index contributed by atoms with van der Waals surface area (Å²) in [5.74, 6) is 0. The molecule has 0 aliphatic rings. The van der Waals surface area contributed by atoms with Gasteiger partial charge >= 0.3 is 0 Å². The minimum atomic E-state index is 0.745. The molecule has 0 amide bonds. The van der Waals surface area contributed by atoms with Crippen molar-refractivity contribution in [1.29, 1.82) is 10.8 Å². The van der Waals surface area contributed by atoms with Crippen LogP contribution in [0.25, 0.3) is 0 Å². The lowest BCUT2D eigenvalue weighted by atomic mass is 10.2. The minimum absolute atomic E-state index is 0.745. The minimum Gasteiger partial charge on any atom is -0.377 e. The zero-order valence-corrected chi connectivity index (χ0v) is 9.73. The smallest absolute Gasteiger partial charge is 0.231 e. The van der Waals surface area contributed by atoms with Crippen molar-refractivity contribution in [1.82, 2.24) is 0 Å². The number of carbonyl (C=O) groups excluding carboxylic acids is 2. The Morgan fingerprint density at radius 2 is 1.59 bits per heavy atom. The summed E-state index contributed by atoms with van der Waals surface area (Å²) in [5, 5.41) is 10.8. The fraction of sp³-hybridized carbons (Fsp3) is 0.333. The van der Waals surface area contributed by atoms with E-state index in [1.54, 1.807) is 0 Å². The van der Waals surface area contributed by atoms with Gasteiger partial charge in [0.1, 0.15) is 0 Å². The summed E-state index contributed by atoms with van der Waals surface area (Å²) < 4.78 is 5.37. The molecule has 0 aromatic heterocycles. The van der Waals surface area contributed by atoms with Crippen molar-refractivity contribution < 1.29 is 14.3 Å². The van der Waals surface area contributed by atoms with E-state index in [2.05, 4.69) is 19.1 Å². The van der Waals surface area contributed by atoms with Gasteiger partial charge in [0.15, 0.2) is 0 Å². The monoisotopic (exact) mass is 236 g/mol. The van der Waals surface area contributed by atoms with Crippen LogP contribution in [0.2, 0.25) is 0 Å². The molecule has 0 spiro atoms. The molecule has 2 N–H and O–H groups in total. The van der Waals surface area contributed by atoms with Crippen molar-refractivity contribution in [2.75, 3.05) is 6.61 Å². The van der Waals surface area contributed by atoms with Crippen molar-refractivity contribution in [3.8, 4) is 0 Å². The first-order chi connectivity index (χ1) is 8.26. The number of hydrogen-bond donors (Lipinski definition) is 2. The molecule has 0 aliphatic heterocycles. The van der Waals surface area contributed by atoms with Crippen LogP contribution >= 0.6 is 0 Å². The molecule has 0 saturated carbocycles. The fourth-order valence-electron chi connectivity index (χ4n) is 0.909. The van der Waals surface area contributed by atoms with Gasteiger partial charge in [-0.2, -0.15) is 0 Å². The van der Waals surface area contributed by atoms with Crippen LogP contribution in [0.5, 0.6) is 0 Å². The van der Waals surface area contributed by atoms with Gasteiger partial charge < -0.3 is 4.74 Å². The van der Waals surface area contributed by atoms with Crippen LogP contribution in [-0.4, -0.2) is 18.8 Å². The first kappa shape index (κ1) is 17.3. The number of nitrogens with one attached hydrogen (secondary N) is 2. The van der Waals surface area contributed by atoms with E-state index in [9.17, 15) is 0 Å². The maximum Gasteiger partial charge on any atom is 0.231 e. The van der Waals surface area contributed by atoms with Gasteiger partial charge in [-0.05, 0) is 12.0 Å². The lowest BCUT2D eigenvalue weighted by Gasteiger charge is -2.00. The van der Waals surface area contributed by atoms with E-state index < -0.39 is 0 Å². The predicted octanol–water partition coefficient (Wildman–Crippen LogP) is 2.42. The number of benzene rings is 1. The average Bonchev–Trinajstić information content (AvgIpc) is 2.33. The predicted molar refractivity (Wildman–Crippen MR) is 63.2 cm³/mol. The van der Waals surface area contributed by atoms with Crippen molar-refractivity contribution in [3.05, 3.63) is 35.9 Å². The molecule has 0 saturated heterocycles. The second-order valence-corrected chi connectivity index (χ2v) is 2.74. The van der Waals surface area contributed by atoms with Crippen LogP contribution in [0.1, 0.15) is 18.9 Å². The Kier molecular flexibility index (Phi) is 16.7. The Morgan fingerprint density at radius 3 is 2.00 bits per heavy atom. The SMILES string of the molecule is CCCOCc1ccccc1.N=C=O.N=C=O. The first-order valence-electron chi connectivity index (χ1n) is 4.96. The molecule has 1 rings (SSSR count). The third-order valence-electron chi connectivity index (χ3n) is 1.46. The van der Waals surface area contributed by atoms with Gasteiger partial charge in [-0.1, -0.05) is 37.3 Å². The van der Waals surface area contributed by atoms with Gasteiger partial charge in [0.2, 0.25) is 12.2 Å². The molecule has 0 unspecified atom stereocenters. The number of ether oxygens (including phenoxy) is 1. The molecule has 0 heterocycles. The molecule has 5 heteroatoms. The maximum atomic E-state index is 8.35. The van der Waals surface area contributed by atoms with Crippen LogP contribution in [0.3, 0.4) is 0 Å². The van der Waals surface area contributed by atoms with Crippen molar-refractivity contribution in [2.45, 2.75) is 20.0 Å². The first-order valence-corrected chi connectivity index (χ1v) is 4.96. The highest BCUT2D eigenvalue weighted by molar-refractivity contribution is 5.26. The molecule has 5 nitrogen and oxygen atoms in total. The van der Waals surface area contributed by atoms with E-state index in [1.165, 1.54) is 5.56 Å². The van der Waals surface area contributed by atoms with Crippen LogP contribution in [0, 0.1) is 10.8 Å². The largest absolute Gasteiger partial charge is 0.377 e. The van der Waals surface area contributed by atoms with Gasteiger partial charge in [0, 0.05) is 6.61 Å². The quantitative estimate of drug-likeness (QED) is 0.477. The topological polar surface area (TPSA) is 91.1 Å². The Labute approximate surface area is 100 Å². The molecule has 17 heavy (non-hydrogen) atoms. The van der Waals surface area contributed by atoms with Crippen LogP contribution in [0.4, 0.5) is 0 Å². The van der Waals surface area contributed by atoms with E-state index in [-0.39, 0.29) is 0 Å². The molecule has 0 atom stereocenters. The number of rotatable bonds is 4. The lowest BCUT2D eigenvalue weighted by molar-refractivity contribution is 0.121. The second-order valence-electron chi connectivity index (χ2n) is 2.74. The van der Waals surface area contributed by atoms with E-state index in [4.69, 9.17) is 25.1 Å². The molecule has 0 radical (unpaired) electrons. The third kappa shape index (κ3) is 16.6. The van der Waals surface area contributed by atoms with E-state index in [1.807, 2.05) is 18.2 Å². The van der Waals surface area contributed by atoms with Crippen LogP contribution in [0.15, 0.2) is 30.3 Å². The standard InChI is InChI=1S/C10H14O.2CHNO/c1-2-8-11-9-10-6-4-3-5-7-10;2*2-1-3/h3-7H,2,8-9H2,1H3;2*2H. The average molecular weight is 236 g/mol. The Bertz CT molecular complexity index is 315. The molecule has 0 aliphatic carbocycles.